The van der Waals surface area contributed by atoms with Crippen LogP contribution in [0.1, 0.15) is 40.7 Å². The number of piperidine rings is 1. The van der Waals surface area contributed by atoms with Gasteiger partial charge >= 0.3 is 0 Å². The molecular formula is C23H31N3O3S. The monoisotopic (exact) mass is 429 g/mol. The summed E-state index contributed by atoms with van der Waals surface area (Å²) in [5, 5.41) is 0. The van der Waals surface area contributed by atoms with Crippen LogP contribution in [-0.4, -0.2) is 57.8 Å². The summed E-state index contributed by atoms with van der Waals surface area (Å²) in [6.07, 6.45) is 3.33. The fourth-order valence-electron chi connectivity index (χ4n) is 3.71. The number of nitrogens with zero attached hydrogens (tertiary/aromatic N) is 3. The molecule has 162 valence electrons. The summed E-state index contributed by atoms with van der Waals surface area (Å²) in [6, 6.07) is 13.0. The molecule has 1 amide bonds. The summed E-state index contributed by atoms with van der Waals surface area (Å²) in [7, 11) is 1.13. The SMILES string of the molecule is Cc1ccc(CN(C)C(=O)c2cc(S(=O)(=O)N(C)C)ccc2N2CCCCC2)cc1. The lowest BCUT2D eigenvalue weighted by molar-refractivity contribution is 0.0785. The van der Waals surface area contributed by atoms with E-state index in [0.717, 1.165) is 37.2 Å². The van der Waals surface area contributed by atoms with Crippen molar-refractivity contribution in [1.82, 2.24) is 9.21 Å². The molecule has 3 rings (SSSR count). The first-order chi connectivity index (χ1) is 14.2. The maximum atomic E-state index is 13.4. The predicted octanol–water partition coefficient (Wildman–Crippen LogP) is 3.51. The van der Waals surface area contributed by atoms with Crippen LogP contribution < -0.4 is 4.90 Å². The van der Waals surface area contributed by atoms with Crippen LogP contribution in [0.5, 0.6) is 0 Å². The molecule has 0 unspecified atom stereocenters. The fourth-order valence-corrected chi connectivity index (χ4v) is 4.64. The zero-order valence-electron chi connectivity index (χ0n) is 18.3. The third kappa shape index (κ3) is 4.84. The maximum Gasteiger partial charge on any atom is 0.256 e. The van der Waals surface area contributed by atoms with Gasteiger partial charge in [-0.3, -0.25) is 4.79 Å². The van der Waals surface area contributed by atoms with Crippen LogP contribution >= 0.6 is 0 Å². The third-order valence-electron chi connectivity index (χ3n) is 5.56. The molecule has 7 heteroatoms. The van der Waals surface area contributed by atoms with Crippen molar-refractivity contribution in [3.63, 3.8) is 0 Å². The second-order valence-electron chi connectivity index (χ2n) is 8.16. The van der Waals surface area contributed by atoms with Gasteiger partial charge in [0, 0.05) is 46.5 Å². The second-order valence-corrected chi connectivity index (χ2v) is 10.3. The number of rotatable bonds is 6. The fraction of sp³-hybridized carbons (Fsp3) is 0.435. The Morgan fingerprint density at radius 1 is 0.967 bits per heavy atom. The standard InChI is InChI=1S/C23H31N3O3S/c1-18-8-10-19(11-9-18)17-25(4)23(27)21-16-20(30(28,29)24(2)3)12-13-22(21)26-14-6-5-7-15-26/h8-13,16H,5-7,14-15,17H2,1-4H3. The summed E-state index contributed by atoms with van der Waals surface area (Å²) >= 11 is 0. The van der Waals surface area contributed by atoms with Crippen LogP contribution in [0.2, 0.25) is 0 Å². The first-order valence-electron chi connectivity index (χ1n) is 10.3. The number of amides is 1. The highest BCUT2D eigenvalue weighted by Crippen LogP contribution is 2.29. The van der Waals surface area contributed by atoms with Crippen LogP contribution in [0.15, 0.2) is 47.4 Å². The highest BCUT2D eigenvalue weighted by Gasteiger charge is 2.25. The van der Waals surface area contributed by atoms with Crippen LogP contribution in [0.3, 0.4) is 0 Å². The number of carbonyl (C=O) groups is 1. The van der Waals surface area contributed by atoms with Crippen molar-refractivity contribution in [2.75, 3.05) is 39.1 Å². The summed E-state index contributed by atoms with van der Waals surface area (Å²) in [5.74, 6) is -0.174. The van der Waals surface area contributed by atoms with Gasteiger partial charge in [0.2, 0.25) is 10.0 Å². The molecular weight excluding hydrogens is 398 g/mol. The Bertz CT molecular complexity index is 995. The normalized spacial score (nSPS) is 14.8. The second kappa shape index (κ2) is 9.18. The van der Waals surface area contributed by atoms with Gasteiger partial charge < -0.3 is 9.80 Å². The minimum Gasteiger partial charge on any atom is -0.371 e. The molecule has 0 saturated carbocycles. The van der Waals surface area contributed by atoms with Crippen LogP contribution in [0.25, 0.3) is 0 Å². The summed E-state index contributed by atoms with van der Waals surface area (Å²) < 4.78 is 26.5. The Morgan fingerprint density at radius 2 is 1.60 bits per heavy atom. The molecule has 0 bridgehead atoms. The third-order valence-corrected chi connectivity index (χ3v) is 7.37. The first-order valence-corrected chi connectivity index (χ1v) is 11.8. The van der Waals surface area contributed by atoms with Gasteiger partial charge in [0.05, 0.1) is 10.5 Å². The smallest absolute Gasteiger partial charge is 0.256 e. The topological polar surface area (TPSA) is 60.9 Å². The molecule has 0 spiro atoms. The van der Waals surface area contributed by atoms with Gasteiger partial charge in [-0.1, -0.05) is 29.8 Å². The largest absolute Gasteiger partial charge is 0.371 e. The highest BCUT2D eigenvalue weighted by molar-refractivity contribution is 7.89. The molecule has 1 fully saturated rings. The summed E-state index contributed by atoms with van der Waals surface area (Å²) in [5.41, 5.74) is 3.46. The molecule has 0 N–H and O–H groups in total. The molecule has 30 heavy (non-hydrogen) atoms. The number of sulfonamides is 1. The number of benzene rings is 2. The number of aryl methyl sites for hydroxylation is 1. The Kier molecular flexibility index (Phi) is 6.83. The van der Waals surface area contributed by atoms with Crippen molar-refractivity contribution >= 4 is 21.6 Å². The van der Waals surface area contributed by atoms with Crippen molar-refractivity contribution in [3.05, 3.63) is 59.2 Å². The van der Waals surface area contributed by atoms with E-state index in [4.69, 9.17) is 0 Å². The molecule has 0 atom stereocenters. The molecule has 2 aromatic rings. The van der Waals surface area contributed by atoms with Crippen molar-refractivity contribution in [3.8, 4) is 0 Å². The molecule has 1 aliphatic heterocycles. The predicted molar refractivity (Wildman–Crippen MR) is 120 cm³/mol. The van der Waals surface area contributed by atoms with E-state index in [2.05, 4.69) is 4.90 Å². The molecule has 0 radical (unpaired) electrons. The Labute approximate surface area is 180 Å². The van der Waals surface area contributed by atoms with Crippen molar-refractivity contribution in [2.45, 2.75) is 37.6 Å². The van der Waals surface area contributed by atoms with Gasteiger partial charge in [0.15, 0.2) is 0 Å². The van der Waals surface area contributed by atoms with E-state index in [9.17, 15) is 13.2 Å². The summed E-state index contributed by atoms with van der Waals surface area (Å²) in [4.78, 5) is 17.4. The minimum absolute atomic E-state index is 0.139. The number of anilines is 1. The van der Waals surface area contributed by atoms with Gasteiger partial charge in [-0.2, -0.15) is 0 Å². The highest BCUT2D eigenvalue weighted by atomic mass is 32.2. The van der Waals surface area contributed by atoms with Crippen LogP contribution in [-0.2, 0) is 16.6 Å². The van der Waals surface area contributed by atoms with Crippen LogP contribution in [0.4, 0.5) is 5.69 Å². The first kappa shape index (κ1) is 22.3. The van der Waals surface area contributed by atoms with Crippen molar-refractivity contribution in [2.24, 2.45) is 0 Å². The van der Waals surface area contributed by atoms with Crippen molar-refractivity contribution in [1.29, 1.82) is 0 Å². The number of carbonyl (C=O) groups excluding carboxylic acids is 1. The Morgan fingerprint density at radius 3 is 2.20 bits per heavy atom. The minimum atomic E-state index is -3.63. The maximum absolute atomic E-state index is 13.4. The molecule has 2 aromatic carbocycles. The van der Waals surface area contributed by atoms with Crippen LogP contribution in [0, 0.1) is 6.92 Å². The van der Waals surface area contributed by atoms with E-state index in [1.54, 1.807) is 24.1 Å². The van der Waals surface area contributed by atoms with Gasteiger partial charge in [-0.15, -0.1) is 0 Å². The number of hydrogen-bond donors (Lipinski definition) is 0. The van der Waals surface area contributed by atoms with Crippen molar-refractivity contribution < 1.29 is 13.2 Å². The Balaban J connectivity index is 1.97. The lowest BCUT2D eigenvalue weighted by atomic mass is 10.1. The molecule has 0 aliphatic carbocycles. The van der Waals surface area contributed by atoms with Gasteiger partial charge in [-0.25, -0.2) is 12.7 Å². The molecule has 1 heterocycles. The zero-order valence-corrected chi connectivity index (χ0v) is 19.1. The lowest BCUT2D eigenvalue weighted by Crippen LogP contribution is -2.33. The molecule has 1 saturated heterocycles. The molecule has 6 nitrogen and oxygen atoms in total. The van der Waals surface area contributed by atoms with E-state index < -0.39 is 10.0 Å². The van der Waals surface area contributed by atoms with E-state index in [0.29, 0.717) is 12.1 Å². The van der Waals surface area contributed by atoms with E-state index in [1.165, 1.54) is 36.5 Å². The van der Waals surface area contributed by atoms with E-state index in [-0.39, 0.29) is 10.8 Å². The van der Waals surface area contributed by atoms with E-state index >= 15 is 0 Å². The Hall–Kier alpha value is -2.38. The average Bonchev–Trinajstić information content (AvgIpc) is 2.74. The van der Waals surface area contributed by atoms with Gasteiger partial charge in [0.1, 0.15) is 0 Å². The zero-order chi connectivity index (χ0) is 21.9. The van der Waals surface area contributed by atoms with Gasteiger partial charge in [-0.05, 0) is 49.9 Å². The summed E-state index contributed by atoms with van der Waals surface area (Å²) in [6.45, 7) is 4.24. The van der Waals surface area contributed by atoms with Gasteiger partial charge in [0.25, 0.3) is 5.91 Å². The quantitative estimate of drug-likeness (QED) is 0.705. The average molecular weight is 430 g/mol. The number of hydrogen-bond acceptors (Lipinski definition) is 4. The molecule has 0 aromatic heterocycles. The molecule has 1 aliphatic rings. The van der Waals surface area contributed by atoms with E-state index in [1.807, 2.05) is 31.2 Å². The lowest BCUT2D eigenvalue weighted by Gasteiger charge is -2.31.